The zero-order chi connectivity index (χ0) is 32.3. The third kappa shape index (κ3) is 6.82. The molecule has 0 radical (unpaired) electrons. The van der Waals surface area contributed by atoms with Crippen molar-refractivity contribution in [3.63, 3.8) is 0 Å². The fourth-order valence-electron chi connectivity index (χ4n) is 5.14. The number of nitrogens with zero attached hydrogens (tertiary/aromatic N) is 2. The Morgan fingerprint density at radius 3 is 2.38 bits per heavy atom. The van der Waals surface area contributed by atoms with Gasteiger partial charge in [-0.3, -0.25) is 19.3 Å². The summed E-state index contributed by atoms with van der Waals surface area (Å²) in [7, 11) is 0. The van der Waals surface area contributed by atoms with Gasteiger partial charge in [-0.15, -0.1) is 0 Å². The van der Waals surface area contributed by atoms with Crippen LogP contribution >= 0.6 is 0 Å². The molecule has 0 saturated carbocycles. The van der Waals surface area contributed by atoms with Gasteiger partial charge in [0, 0.05) is 17.9 Å². The number of carboxylic acid groups (broad SMARTS) is 1. The molecule has 3 aromatic rings. The van der Waals surface area contributed by atoms with Crippen molar-refractivity contribution in [1.29, 1.82) is 0 Å². The van der Waals surface area contributed by atoms with Crippen molar-refractivity contribution in [2.75, 3.05) is 24.0 Å². The van der Waals surface area contributed by atoms with Gasteiger partial charge in [-0.2, -0.15) is 0 Å². The molecule has 2 heterocycles. The Hall–Kier alpha value is -5.59. The highest BCUT2D eigenvalue weighted by atomic mass is 16.7. The lowest BCUT2D eigenvalue weighted by molar-refractivity contribution is -0.138. The van der Waals surface area contributed by atoms with Crippen LogP contribution in [0, 0.1) is 6.92 Å². The number of para-hydroxylation sites is 1. The summed E-state index contributed by atoms with van der Waals surface area (Å²) in [4.78, 5) is 66.0. The SMILES string of the molecule is Cc1ccccc1NC(=O)Nc1ccc(CN2C(=O)N(CC(=O)N[C@@H](CC(=O)O)c3ccc4c(c3)OCO4)C(=O)C2(C)C)cc1. The Balaban J connectivity index is 1.21. The number of nitrogens with one attached hydrogen (secondary N) is 3. The number of urea groups is 2. The van der Waals surface area contributed by atoms with Crippen LogP contribution in [0.3, 0.4) is 0 Å². The van der Waals surface area contributed by atoms with Crippen LogP contribution in [0.1, 0.15) is 43.0 Å². The predicted molar refractivity (Wildman–Crippen MR) is 163 cm³/mol. The first-order chi connectivity index (χ1) is 21.4. The normalized spacial score (nSPS) is 15.5. The standard InChI is InChI=1S/C32H33N5O8/c1-19-6-4-5-7-23(19)35-30(42)33-22-11-8-20(9-12-22)16-37-31(43)36(29(41)32(37,2)3)17-27(38)34-24(15-28(39)40)21-10-13-25-26(14-21)45-18-44-25/h4-14,24H,15-18H2,1-3H3,(H,34,38)(H,39,40)(H2,33,35,42)/t24-/m0/s1. The summed E-state index contributed by atoms with van der Waals surface area (Å²) in [6, 6.07) is 17.1. The molecule has 0 aliphatic carbocycles. The molecule has 2 aliphatic heterocycles. The minimum Gasteiger partial charge on any atom is -0.481 e. The van der Waals surface area contributed by atoms with Gasteiger partial charge in [0.25, 0.3) is 5.91 Å². The van der Waals surface area contributed by atoms with Crippen molar-refractivity contribution >= 4 is 41.2 Å². The topological polar surface area (TPSA) is 167 Å². The van der Waals surface area contributed by atoms with Crippen molar-refractivity contribution < 1.29 is 38.6 Å². The lowest BCUT2D eigenvalue weighted by Gasteiger charge is -2.27. The molecule has 45 heavy (non-hydrogen) atoms. The summed E-state index contributed by atoms with van der Waals surface area (Å²) in [5.41, 5.74) is 2.07. The molecule has 0 bridgehead atoms. The van der Waals surface area contributed by atoms with Crippen LogP contribution in [0.15, 0.2) is 66.7 Å². The van der Waals surface area contributed by atoms with Crippen molar-refractivity contribution in [2.24, 2.45) is 0 Å². The number of anilines is 2. The van der Waals surface area contributed by atoms with Crippen LogP contribution in [0.4, 0.5) is 21.0 Å². The Morgan fingerprint density at radius 2 is 1.67 bits per heavy atom. The summed E-state index contributed by atoms with van der Waals surface area (Å²) in [6.07, 6.45) is -0.427. The Kier molecular flexibility index (Phi) is 8.61. The molecule has 1 atom stereocenters. The molecule has 0 aromatic heterocycles. The van der Waals surface area contributed by atoms with Gasteiger partial charge < -0.3 is 35.4 Å². The van der Waals surface area contributed by atoms with E-state index in [0.717, 1.165) is 10.5 Å². The molecule has 6 amide bonds. The highest BCUT2D eigenvalue weighted by Gasteiger charge is 2.51. The van der Waals surface area contributed by atoms with E-state index >= 15 is 0 Å². The van der Waals surface area contributed by atoms with Gasteiger partial charge in [-0.05, 0) is 67.8 Å². The van der Waals surface area contributed by atoms with E-state index in [1.54, 1.807) is 62.4 Å². The fraction of sp³-hybridized carbons (Fsp3) is 0.281. The number of carboxylic acids is 1. The third-order valence-electron chi connectivity index (χ3n) is 7.67. The number of imide groups is 1. The predicted octanol–water partition coefficient (Wildman–Crippen LogP) is 4.24. The van der Waals surface area contributed by atoms with E-state index in [1.165, 1.54) is 4.90 Å². The van der Waals surface area contributed by atoms with Crippen molar-refractivity contribution in [3.05, 3.63) is 83.4 Å². The number of rotatable bonds is 10. The second-order valence-electron chi connectivity index (χ2n) is 11.2. The largest absolute Gasteiger partial charge is 0.481 e. The zero-order valence-electron chi connectivity index (χ0n) is 25.0. The summed E-state index contributed by atoms with van der Waals surface area (Å²) < 4.78 is 10.7. The van der Waals surface area contributed by atoms with Crippen LogP contribution in [-0.4, -0.2) is 63.6 Å². The quantitative estimate of drug-likeness (QED) is 0.246. The van der Waals surface area contributed by atoms with Gasteiger partial charge >= 0.3 is 18.0 Å². The summed E-state index contributed by atoms with van der Waals surface area (Å²) >= 11 is 0. The first kappa shape index (κ1) is 30.9. The maximum Gasteiger partial charge on any atom is 0.328 e. The highest BCUT2D eigenvalue weighted by molar-refractivity contribution is 6.08. The molecule has 1 saturated heterocycles. The molecule has 0 spiro atoms. The minimum atomic E-state index is -1.25. The van der Waals surface area contributed by atoms with E-state index in [1.807, 2.05) is 25.1 Å². The van der Waals surface area contributed by atoms with Gasteiger partial charge in [0.2, 0.25) is 12.7 Å². The lowest BCUT2D eigenvalue weighted by atomic mass is 10.0. The summed E-state index contributed by atoms with van der Waals surface area (Å²) in [5.74, 6) is -1.48. The molecule has 13 heteroatoms. The van der Waals surface area contributed by atoms with E-state index in [2.05, 4.69) is 16.0 Å². The van der Waals surface area contributed by atoms with E-state index in [-0.39, 0.29) is 13.3 Å². The Bertz CT molecular complexity index is 1660. The number of fused-ring (bicyclic) bond motifs is 1. The second kappa shape index (κ2) is 12.6. The number of amides is 6. The maximum absolute atomic E-state index is 13.4. The average molecular weight is 616 g/mol. The Labute approximate surface area is 259 Å². The van der Waals surface area contributed by atoms with E-state index in [4.69, 9.17) is 9.47 Å². The molecule has 4 N–H and O–H groups in total. The van der Waals surface area contributed by atoms with Crippen molar-refractivity contribution in [2.45, 2.75) is 45.3 Å². The van der Waals surface area contributed by atoms with Crippen LogP contribution in [0.5, 0.6) is 11.5 Å². The molecule has 13 nitrogen and oxygen atoms in total. The van der Waals surface area contributed by atoms with Gasteiger partial charge in [0.05, 0.1) is 12.5 Å². The lowest BCUT2D eigenvalue weighted by Crippen LogP contribution is -2.44. The van der Waals surface area contributed by atoms with Gasteiger partial charge in [0.15, 0.2) is 11.5 Å². The number of ether oxygens (including phenoxy) is 2. The molecule has 3 aromatic carbocycles. The van der Waals surface area contributed by atoms with E-state index < -0.39 is 54.4 Å². The van der Waals surface area contributed by atoms with Crippen LogP contribution in [0.2, 0.25) is 0 Å². The zero-order valence-corrected chi connectivity index (χ0v) is 25.0. The van der Waals surface area contributed by atoms with Crippen LogP contribution in [-0.2, 0) is 20.9 Å². The molecule has 234 valence electrons. The number of hydrogen-bond donors (Lipinski definition) is 4. The first-order valence-corrected chi connectivity index (χ1v) is 14.2. The fourth-order valence-corrected chi connectivity index (χ4v) is 5.14. The number of hydrogen-bond acceptors (Lipinski definition) is 7. The monoisotopic (exact) mass is 615 g/mol. The first-order valence-electron chi connectivity index (χ1n) is 14.2. The number of benzene rings is 3. The van der Waals surface area contributed by atoms with Crippen molar-refractivity contribution in [1.82, 2.24) is 15.1 Å². The van der Waals surface area contributed by atoms with Crippen LogP contribution in [0.25, 0.3) is 0 Å². The summed E-state index contributed by atoms with van der Waals surface area (Å²) in [5, 5.41) is 17.6. The van der Waals surface area contributed by atoms with E-state index in [0.29, 0.717) is 34.0 Å². The number of aliphatic carboxylic acids is 1. The molecular formula is C32H33N5O8. The van der Waals surface area contributed by atoms with E-state index in [9.17, 15) is 29.1 Å². The molecular weight excluding hydrogens is 582 g/mol. The average Bonchev–Trinajstić information content (AvgIpc) is 3.52. The maximum atomic E-state index is 13.4. The van der Waals surface area contributed by atoms with Crippen molar-refractivity contribution in [3.8, 4) is 11.5 Å². The Morgan fingerprint density at radius 1 is 0.956 bits per heavy atom. The third-order valence-corrected chi connectivity index (χ3v) is 7.67. The minimum absolute atomic E-state index is 0.0346. The van der Waals surface area contributed by atoms with Crippen LogP contribution < -0.4 is 25.4 Å². The molecule has 1 fully saturated rings. The number of carbonyl (C=O) groups excluding carboxylic acids is 4. The second-order valence-corrected chi connectivity index (χ2v) is 11.2. The number of aryl methyl sites for hydroxylation is 1. The number of carbonyl (C=O) groups is 5. The smallest absolute Gasteiger partial charge is 0.328 e. The van der Waals surface area contributed by atoms with Gasteiger partial charge in [-0.25, -0.2) is 9.59 Å². The summed E-state index contributed by atoms with van der Waals surface area (Å²) in [6.45, 7) is 4.60. The molecule has 5 rings (SSSR count). The molecule has 2 aliphatic rings. The van der Waals surface area contributed by atoms with Gasteiger partial charge in [-0.1, -0.05) is 36.4 Å². The molecule has 0 unspecified atom stereocenters. The highest BCUT2D eigenvalue weighted by Crippen LogP contribution is 2.35. The van der Waals surface area contributed by atoms with Gasteiger partial charge in [0.1, 0.15) is 12.1 Å².